The van der Waals surface area contributed by atoms with E-state index in [1.807, 2.05) is 4.57 Å². The van der Waals surface area contributed by atoms with Crippen molar-refractivity contribution >= 4 is 0 Å². The summed E-state index contributed by atoms with van der Waals surface area (Å²) in [6.45, 7) is 0.746. The third kappa shape index (κ3) is 2.80. The molecule has 5 rings (SSSR count). The van der Waals surface area contributed by atoms with Crippen molar-refractivity contribution in [3.05, 3.63) is 72.2 Å². The van der Waals surface area contributed by atoms with Crippen LogP contribution >= 0.6 is 0 Å². The lowest BCUT2D eigenvalue weighted by Gasteiger charge is -2.25. The number of hydrogen-bond donors (Lipinski definition) is 0. The first-order valence-electron chi connectivity index (χ1n) is 8.44. The second-order valence-corrected chi connectivity index (χ2v) is 6.17. The molecule has 4 aromatic rings. The minimum Gasteiger partial charge on any atom is -0.365 e. The van der Waals surface area contributed by atoms with E-state index in [-0.39, 0.29) is 18.5 Å². The van der Waals surface area contributed by atoms with Gasteiger partial charge in [0.1, 0.15) is 11.9 Å². The lowest BCUT2D eigenvalue weighted by Crippen LogP contribution is -2.21. The van der Waals surface area contributed by atoms with Gasteiger partial charge in [-0.1, -0.05) is 23.4 Å². The summed E-state index contributed by atoms with van der Waals surface area (Å²) in [5.41, 5.74) is 2.75. The quantitative estimate of drug-likeness (QED) is 0.555. The number of ether oxygens (including phenoxy) is 1. The van der Waals surface area contributed by atoms with Gasteiger partial charge in [-0.2, -0.15) is 4.98 Å². The molecule has 1 aromatic carbocycles. The molecule has 0 spiro atoms. The van der Waals surface area contributed by atoms with Gasteiger partial charge in [0.15, 0.2) is 5.69 Å². The molecule has 1 atom stereocenters. The van der Waals surface area contributed by atoms with E-state index in [2.05, 4.69) is 20.1 Å². The fourth-order valence-electron chi connectivity index (χ4n) is 3.17. The third-order valence-electron chi connectivity index (χ3n) is 4.55. The number of imidazole rings is 1. The van der Waals surface area contributed by atoms with Gasteiger partial charge in [0.25, 0.3) is 5.89 Å². The standard InChI is InChI=1S/C19H14FN5O2/c20-14-4-2-1-3-13(14)16-9-25-11-22-17(15(25)10-26-16)19-23-18(24-27-19)12-5-7-21-8-6-12/h1-8,11,16H,9-10H2. The molecule has 1 aliphatic heterocycles. The van der Waals surface area contributed by atoms with Gasteiger partial charge < -0.3 is 13.8 Å². The van der Waals surface area contributed by atoms with Crippen LogP contribution < -0.4 is 0 Å². The molecule has 3 aromatic heterocycles. The van der Waals surface area contributed by atoms with E-state index in [0.29, 0.717) is 29.5 Å². The molecular weight excluding hydrogens is 349 g/mol. The van der Waals surface area contributed by atoms with Crippen molar-refractivity contribution < 1.29 is 13.7 Å². The number of fused-ring (bicyclic) bond motifs is 1. The van der Waals surface area contributed by atoms with Gasteiger partial charge in [-0.25, -0.2) is 9.37 Å². The summed E-state index contributed by atoms with van der Waals surface area (Å²) in [5, 5.41) is 4.01. The summed E-state index contributed by atoms with van der Waals surface area (Å²) >= 11 is 0. The zero-order valence-electron chi connectivity index (χ0n) is 14.1. The molecule has 0 saturated carbocycles. The Morgan fingerprint density at radius 2 is 1.96 bits per heavy atom. The van der Waals surface area contributed by atoms with Crippen LogP contribution in [-0.2, 0) is 17.9 Å². The van der Waals surface area contributed by atoms with Gasteiger partial charge in [-0.15, -0.1) is 0 Å². The van der Waals surface area contributed by atoms with Crippen molar-refractivity contribution in [3.63, 3.8) is 0 Å². The summed E-state index contributed by atoms with van der Waals surface area (Å²) in [7, 11) is 0. The summed E-state index contributed by atoms with van der Waals surface area (Å²) in [6.07, 6.45) is 4.66. The maximum Gasteiger partial charge on any atom is 0.278 e. The van der Waals surface area contributed by atoms with Crippen LogP contribution in [0, 0.1) is 5.82 Å². The molecule has 0 radical (unpaired) electrons. The van der Waals surface area contributed by atoms with Crippen molar-refractivity contribution in [3.8, 4) is 23.0 Å². The number of nitrogens with zero attached hydrogens (tertiary/aromatic N) is 5. The maximum absolute atomic E-state index is 14.0. The van der Waals surface area contributed by atoms with Crippen LogP contribution in [0.4, 0.5) is 4.39 Å². The molecule has 27 heavy (non-hydrogen) atoms. The Labute approximate surface area is 153 Å². The number of rotatable bonds is 3. The predicted octanol–water partition coefficient (Wildman–Crippen LogP) is 3.41. The molecule has 7 nitrogen and oxygen atoms in total. The van der Waals surface area contributed by atoms with Crippen LogP contribution in [0.5, 0.6) is 0 Å². The van der Waals surface area contributed by atoms with Gasteiger partial charge in [-0.05, 0) is 18.2 Å². The summed E-state index contributed by atoms with van der Waals surface area (Å²) in [6, 6.07) is 10.3. The lowest BCUT2D eigenvalue weighted by molar-refractivity contribution is 0.00126. The Bertz CT molecular complexity index is 1090. The zero-order chi connectivity index (χ0) is 18.2. The molecule has 0 bridgehead atoms. The van der Waals surface area contributed by atoms with Crippen LogP contribution in [0.25, 0.3) is 23.0 Å². The monoisotopic (exact) mass is 363 g/mol. The summed E-state index contributed by atoms with van der Waals surface area (Å²) in [4.78, 5) is 12.8. The minimum absolute atomic E-state index is 0.273. The Balaban J connectivity index is 1.44. The molecule has 0 fully saturated rings. The highest BCUT2D eigenvalue weighted by atomic mass is 19.1. The minimum atomic E-state index is -0.365. The number of pyridine rings is 1. The fourth-order valence-corrected chi connectivity index (χ4v) is 3.17. The van der Waals surface area contributed by atoms with Gasteiger partial charge in [0, 0.05) is 23.5 Å². The average molecular weight is 363 g/mol. The number of benzene rings is 1. The van der Waals surface area contributed by atoms with E-state index in [0.717, 1.165) is 11.3 Å². The van der Waals surface area contributed by atoms with Crippen molar-refractivity contribution in [2.24, 2.45) is 0 Å². The predicted molar refractivity (Wildman–Crippen MR) is 92.7 cm³/mol. The van der Waals surface area contributed by atoms with Gasteiger partial charge in [-0.3, -0.25) is 4.98 Å². The average Bonchev–Trinajstić information content (AvgIpc) is 3.35. The largest absolute Gasteiger partial charge is 0.365 e. The van der Waals surface area contributed by atoms with E-state index in [1.54, 1.807) is 49.1 Å². The summed E-state index contributed by atoms with van der Waals surface area (Å²) < 4.78 is 27.2. The highest BCUT2D eigenvalue weighted by molar-refractivity contribution is 5.58. The van der Waals surface area contributed by atoms with Crippen LogP contribution in [-0.4, -0.2) is 24.7 Å². The first-order chi connectivity index (χ1) is 13.3. The van der Waals surface area contributed by atoms with Crippen LogP contribution in [0.15, 0.2) is 59.6 Å². The fraction of sp³-hybridized carbons (Fsp3) is 0.158. The second kappa shape index (κ2) is 6.40. The zero-order valence-corrected chi connectivity index (χ0v) is 14.1. The first kappa shape index (κ1) is 15.8. The molecule has 134 valence electrons. The number of halogens is 1. The molecule has 0 saturated heterocycles. The molecule has 8 heteroatoms. The Kier molecular flexibility index (Phi) is 3.75. The maximum atomic E-state index is 14.0. The normalized spacial score (nSPS) is 16.3. The summed E-state index contributed by atoms with van der Waals surface area (Å²) in [5.74, 6) is 0.517. The Hall–Kier alpha value is -3.39. The molecule has 1 aliphatic rings. The molecule has 4 heterocycles. The number of hydrogen-bond acceptors (Lipinski definition) is 6. The van der Waals surface area contributed by atoms with E-state index in [1.165, 1.54) is 6.07 Å². The van der Waals surface area contributed by atoms with E-state index < -0.39 is 0 Å². The van der Waals surface area contributed by atoms with E-state index in [4.69, 9.17) is 9.26 Å². The smallest absolute Gasteiger partial charge is 0.278 e. The Morgan fingerprint density at radius 1 is 1.11 bits per heavy atom. The highest BCUT2D eigenvalue weighted by Gasteiger charge is 2.27. The Morgan fingerprint density at radius 3 is 2.81 bits per heavy atom. The van der Waals surface area contributed by atoms with Crippen molar-refractivity contribution in [1.29, 1.82) is 0 Å². The van der Waals surface area contributed by atoms with E-state index in [9.17, 15) is 4.39 Å². The van der Waals surface area contributed by atoms with Gasteiger partial charge in [0.05, 0.1) is 25.2 Å². The van der Waals surface area contributed by atoms with Crippen molar-refractivity contribution in [2.75, 3.05) is 0 Å². The van der Waals surface area contributed by atoms with Crippen LogP contribution in [0.2, 0.25) is 0 Å². The second-order valence-electron chi connectivity index (χ2n) is 6.17. The van der Waals surface area contributed by atoms with Crippen molar-refractivity contribution in [1.82, 2.24) is 24.7 Å². The van der Waals surface area contributed by atoms with E-state index >= 15 is 0 Å². The van der Waals surface area contributed by atoms with Gasteiger partial charge in [0.2, 0.25) is 5.82 Å². The van der Waals surface area contributed by atoms with Crippen molar-refractivity contribution in [2.45, 2.75) is 19.3 Å². The molecule has 1 unspecified atom stereocenters. The van der Waals surface area contributed by atoms with Crippen LogP contribution in [0.3, 0.4) is 0 Å². The highest BCUT2D eigenvalue weighted by Crippen LogP contribution is 2.32. The third-order valence-corrected chi connectivity index (χ3v) is 4.55. The molecule has 0 aliphatic carbocycles. The van der Waals surface area contributed by atoms with Crippen LogP contribution in [0.1, 0.15) is 17.4 Å². The topological polar surface area (TPSA) is 78.9 Å². The SMILES string of the molecule is Fc1ccccc1C1Cn2cnc(-c3nc(-c4ccncc4)no3)c2CO1. The number of aromatic nitrogens is 5. The van der Waals surface area contributed by atoms with Gasteiger partial charge >= 0.3 is 0 Å². The molecule has 0 N–H and O–H groups in total. The molecular formula is C19H14FN5O2. The molecule has 0 amide bonds. The lowest BCUT2D eigenvalue weighted by atomic mass is 10.1. The first-order valence-corrected chi connectivity index (χ1v) is 8.44.